The fourth-order valence-corrected chi connectivity index (χ4v) is 4.02. The molecule has 1 aromatic heterocycles. The number of hydrogen-bond donors (Lipinski definition) is 3. The summed E-state index contributed by atoms with van der Waals surface area (Å²) in [6.07, 6.45) is 1.29. The van der Waals surface area contributed by atoms with E-state index in [0.717, 1.165) is 22.0 Å². The smallest absolute Gasteiger partial charge is 0.267 e. The van der Waals surface area contributed by atoms with Crippen LogP contribution in [-0.2, 0) is 11.2 Å². The molecule has 2 atom stereocenters. The van der Waals surface area contributed by atoms with E-state index in [1.54, 1.807) is 19.2 Å². The van der Waals surface area contributed by atoms with E-state index in [-0.39, 0.29) is 23.8 Å². The third-order valence-electron chi connectivity index (χ3n) is 5.14. The first-order valence-electron chi connectivity index (χ1n) is 8.93. The average molecular weight is 382 g/mol. The molecule has 0 fully saturated rings. The predicted molar refractivity (Wildman–Crippen MR) is 106 cm³/mol. The molecule has 0 unspecified atom stereocenters. The van der Waals surface area contributed by atoms with Crippen LogP contribution in [0.25, 0.3) is 10.9 Å². The highest BCUT2D eigenvalue weighted by Crippen LogP contribution is 2.32. The van der Waals surface area contributed by atoms with Gasteiger partial charge in [0.15, 0.2) is 0 Å². The second kappa shape index (κ2) is 7.08. The van der Waals surface area contributed by atoms with Gasteiger partial charge in [-0.1, -0.05) is 35.9 Å². The van der Waals surface area contributed by atoms with Gasteiger partial charge in [-0.25, -0.2) is 0 Å². The number of carbonyl (C=O) groups excluding carboxylic acids is 2. The number of rotatable bonds is 3. The number of aromatic amines is 1. The van der Waals surface area contributed by atoms with Crippen molar-refractivity contribution < 1.29 is 9.59 Å². The van der Waals surface area contributed by atoms with E-state index in [1.165, 1.54) is 0 Å². The standard InChI is InChI=1S/C21H20ClN3O2/c1-23-20(26)17-11-15(9-12-4-2-3-5-16(12)17)24-21(27)19-10-13-8-14(22)6-7-18(13)25-19/h2-8,10,15,17,25H,9,11H2,1H3,(H,23,26)(H,24,27)/t15-,17+/m0/s1. The van der Waals surface area contributed by atoms with Gasteiger partial charge in [0.2, 0.25) is 5.91 Å². The maximum atomic E-state index is 12.7. The van der Waals surface area contributed by atoms with E-state index >= 15 is 0 Å². The monoisotopic (exact) mass is 381 g/mol. The summed E-state index contributed by atoms with van der Waals surface area (Å²) >= 11 is 6.02. The highest BCUT2D eigenvalue weighted by molar-refractivity contribution is 6.31. The number of aromatic nitrogens is 1. The van der Waals surface area contributed by atoms with Gasteiger partial charge in [-0.2, -0.15) is 0 Å². The van der Waals surface area contributed by atoms with Gasteiger partial charge >= 0.3 is 0 Å². The van der Waals surface area contributed by atoms with Crippen molar-refractivity contribution in [2.45, 2.75) is 24.8 Å². The third kappa shape index (κ3) is 3.43. The predicted octanol–water partition coefficient (Wildman–Crippen LogP) is 3.40. The van der Waals surface area contributed by atoms with Crippen molar-refractivity contribution in [1.29, 1.82) is 0 Å². The lowest BCUT2D eigenvalue weighted by Gasteiger charge is -2.31. The van der Waals surface area contributed by atoms with Crippen LogP contribution in [0.5, 0.6) is 0 Å². The zero-order valence-electron chi connectivity index (χ0n) is 14.9. The molecule has 0 aliphatic heterocycles. The van der Waals surface area contributed by atoms with Crippen LogP contribution in [0.15, 0.2) is 48.5 Å². The number of amides is 2. The third-order valence-corrected chi connectivity index (χ3v) is 5.38. The lowest BCUT2D eigenvalue weighted by molar-refractivity contribution is -0.122. The zero-order chi connectivity index (χ0) is 19.0. The van der Waals surface area contributed by atoms with E-state index in [4.69, 9.17) is 11.6 Å². The number of hydrogen-bond acceptors (Lipinski definition) is 2. The Balaban J connectivity index is 1.56. The Hall–Kier alpha value is -2.79. The summed E-state index contributed by atoms with van der Waals surface area (Å²) in [4.78, 5) is 28.2. The van der Waals surface area contributed by atoms with Crippen LogP contribution in [0.2, 0.25) is 5.02 Å². The first-order valence-corrected chi connectivity index (χ1v) is 9.31. The Morgan fingerprint density at radius 1 is 1.15 bits per heavy atom. The molecule has 138 valence electrons. The molecule has 0 saturated heterocycles. The molecule has 1 heterocycles. The molecule has 27 heavy (non-hydrogen) atoms. The molecule has 5 nitrogen and oxygen atoms in total. The Kier molecular flexibility index (Phi) is 4.62. The molecule has 2 aromatic carbocycles. The van der Waals surface area contributed by atoms with Gasteiger partial charge in [0, 0.05) is 29.0 Å². The molecule has 1 aliphatic rings. The Bertz CT molecular complexity index is 1030. The van der Waals surface area contributed by atoms with E-state index in [0.29, 0.717) is 23.6 Å². The van der Waals surface area contributed by atoms with Gasteiger partial charge in [0.05, 0.1) is 5.92 Å². The molecule has 3 aromatic rings. The quantitative estimate of drug-likeness (QED) is 0.650. The number of carbonyl (C=O) groups is 2. The van der Waals surface area contributed by atoms with Gasteiger partial charge < -0.3 is 15.6 Å². The Morgan fingerprint density at radius 2 is 1.96 bits per heavy atom. The largest absolute Gasteiger partial charge is 0.359 e. The van der Waals surface area contributed by atoms with Crippen molar-refractivity contribution in [1.82, 2.24) is 15.6 Å². The summed E-state index contributed by atoms with van der Waals surface area (Å²) in [6, 6.07) is 15.1. The SMILES string of the molecule is CNC(=O)[C@@H]1C[C@@H](NC(=O)c2cc3cc(Cl)ccc3[nH]2)Cc2ccccc21. The highest BCUT2D eigenvalue weighted by atomic mass is 35.5. The van der Waals surface area contributed by atoms with Crippen molar-refractivity contribution >= 4 is 34.3 Å². The van der Waals surface area contributed by atoms with E-state index in [1.807, 2.05) is 36.4 Å². The first kappa shape index (κ1) is 17.6. The molecular weight excluding hydrogens is 362 g/mol. The van der Waals surface area contributed by atoms with E-state index < -0.39 is 0 Å². The lowest BCUT2D eigenvalue weighted by Crippen LogP contribution is -2.43. The summed E-state index contributed by atoms with van der Waals surface area (Å²) in [5.41, 5.74) is 3.50. The fraction of sp³-hybridized carbons (Fsp3) is 0.238. The summed E-state index contributed by atoms with van der Waals surface area (Å²) < 4.78 is 0. The molecule has 1 aliphatic carbocycles. The van der Waals surface area contributed by atoms with Crippen LogP contribution in [-0.4, -0.2) is 29.9 Å². The first-order chi connectivity index (χ1) is 13.0. The Labute approximate surface area is 162 Å². The number of likely N-dealkylation sites (N-methyl/N-ethyl adjacent to an activating group) is 1. The van der Waals surface area contributed by atoms with Gasteiger partial charge in [0.1, 0.15) is 5.69 Å². The van der Waals surface area contributed by atoms with E-state index in [2.05, 4.69) is 15.6 Å². The second-order valence-corrected chi connectivity index (χ2v) is 7.33. The van der Waals surface area contributed by atoms with E-state index in [9.17, 15) is 9.59 Å². The molecule has 0 radical (unpaired) electrons. The molecule has 4 rings (SSSR count). The number of benzene rings is 2. The second-order valence-electron chi connectivity index (χ2n) is 6.89. The fourth-order valence-electron chi connectivity index (χ4n) is 3.84. The zero-order valence-corrected chi connectivity index (χ0v) is 15.6. The van der Waals surface area contributed by atoms with Crippen LogP contribution < -0.4 is 10.6 Å². The number of nitrogens with one attached hydrogen (secondary N) is 3. The lowest BCUT2D eigenvalue weighted by atomic mass is 9.79. The summed E-state index contributed by atoms with van der Waals surface area (Å²) in [5, 5.41) is 7.33. The number of fused-ring (bicyclic) bond motifs is 2. The average Bonchev–Trinajstić information content (AvgIpc) is 3.10. The molecule has 0 saturated carbocycles. The molecule has 0 spiro atoms. The Morgan fingerprint density at radius 3 is 2.78 bits per heavy atom. The number of H-pyrrole nitrogens is 1. The van der Waals surface area contributed by atoms with Crippen molar-refractivity contribution in [3.05, 3.63) is 70.4 Å². The van der Waals surface area contributed by atoms with Gasteiger partial charge in [-0.3, -0.25) is 9.59 Å². The van der Waals surface area contributed by atoms with Crippen LogP contribution >= 0.6 is 11.6 Å². The molecule has 3 N–H and O–H groups in total. The van der Waals surface area contributed by atoms with Crippen LogP contribution in [0.4, 0.5) is 0 Å². The summed E-state index contributed by atoms with van der Waals surface area (Å²) in [6.45, 7) is 0. The van der Waals surface area contributed by atoms with Crippen molar-refractivity contribution in [2.75, 3.05) is 7.05 Å². The molecular formula is C21H20ClN3O2. The molecule has 0 bridgehead atoms. The van der Waals surface area contributed by atoms with Gasteiger partial charge in [-0.05, 0) is 48.2 Å². The van der Waals surface area contributed by atoms with Crippen LogP contribution in [0, 0.1) is 0 Å². The van der Waals surface area contributed by atoms with Crippen LogP contribution in [0.1, 0.15) is 34.0 Å². The van der Waals surface area contributed by atoms with Crippen molar-refractivity contribution in [3.63, 3.8) is 0 Å². The summed E-state index contributed by atoms with van der Waals surface area (Å²) in [5.74, 6) is -0.462. The maximum absolute atomic E-state index is 12.7. The minimum absolute atomic E-state index is 0.0262. The molecule has 6 heteroatoms. The van der Waals surface area contributed by atoms with Gasteiger partial charge in [-0.15, -0.1) is 0 Å². The minimum Gasteiger partial charge on any atom is -0.359 e. The van der Waals surface area contributed by atoms with Crippen LogP contribution in [0.3, 0.4) is 0 Å². The normalized spacial score (nSPS) is 18.7. The highest BCUT2D eigenvalue weighted by Gasteiger charge is 2.32. The maximum Gasteiger partial charge on any atom is 0.267 e. The summed E-state index contributed by atoms with van der Waals surface area (Å²) in [7, 11) is 1.64. The van der Waals surface area contributed by atoms with Gasteiger partial charge in [0.25, 0.3) is 5.91 Å². The van der Waals surface area contributed by atoms with Crippen molar-refractivity contribution in [2.24, 2.45) is 0 Å². The minimum atomic E-state index is -0.258. The molecule has 2 amide bonds. The topological polar surface area (TPSA) is 74.0 Å². The number of halogens is 1. The van der Waals surface area contributed by atoms with Crippen molar-refractivity contribution in [3.8, 4) is 0 Å².